The molecule has 0 saturated heterocycles. The molecule has 1 fully saturated rings. The lowest BCUT2D eigenvalue weighted by Gasteiger charge is -2.25. The maximum absolute atomic E-state index is 12.4. The first-order chi connectivity index (χ1) is 9.32. The number of nitrogens with zero attached hydrogens (tertiary/aromatic N) is 2. The van der Waals surface area contributed by atoms with Crippen molar-refractivity contribution >= 4 is 11.6 Å². The van der Waals surface area contributed by atoms with E-state index in [4.69, 9.17) is 11.6 Å². The van der Waals surface area contributed by atoms with Gasteiger partial charge in [-0.2, -0.15) is 0 Å². The summed E-state index contributed by atoms with van der Waals surface area (Å²) in [5.74, 6) is -0.0189. The molecule has 1 aromatic rings. The Hall–Kier alpha value is -1.07. The molecule has 0 radical (unpaired) electrons. The summed E-state index contributed by atoms with van der Waals surface area (Å²) in [6, 6.07) is 0.735. The molecule has 2 rings (SSSR count). The predicted octanol–water partition coefficient (Wildman–Crippen LogP) is 1.80. The standard InChI is InChI=1S/C14H22ClN3O2/c1-8(2)11-12(15)16-14(20)18(13(11)19)7-9(3)17(4)10-5-6-10/h8-10H,5-7H2,1-4H3,(H,16,20). The Kier molecular flexibility index (Phi) is 4.39. The highest BCUT2D eigenvalue weighted by Crippen LogP contribution is 2.27. The van der Waals surface area contributed by atoms with E-state index in [9.17, 15) is 9.59 Å². The molecule has 1 unspecified atom stereocenters. The van der Waals surface area contributed by atoms with Gasteiger partial charge in [0.15, 0.2) is 0 Å². The number of aromatic amines is 1. The number of halogens is 1. The van der Waals surface area contributed by atoms with Crippen LogP contribution in [0.4, 0.5) is 0 Å². The number of rotatable bonds is 5. The number of aromatic nitrogens is 2. The summed E-state index contributed by atoms with van der Waals surface area (Å²) in [7, 11) is 2.04. The Morgan fingerprint density at radius 2 is 1.95 bits per heavy atom. The number of hydrogen-bond donors (Lipinski definition) is 1. The zero-order valence-corrected chi connectivity index (χ0v) is 13.2. The van der Waals surface area contributed by atoms with Gasteiger partial charge in [-0.15, -0.1) is 0 Å². The normalized spacial score (nSPS) is 16.9. The lowest BCUT2D eigenvalue weighted by Crippen LogP contribution is -2.44. The van der Waals surface area contributed by atoms with E-state index in [-0.39, 0.29) is 22.7 Å². The molecule has 0 aliphatic heterocycles. The van der Waals surface area contributed by atoms with Crippen LogP contribution in [0.2, 0.25) is 5.15 Å². The van der Waals surface area contributed by atoms with Gasteiger partial charge < -0.3 is 0 Å². The lowest BCUT2D eigenvalue weighted by molar-refractivity contribution is 0.222. The minimum absolute atomic E-state index is 0.0189. The van der Waals surface area contributed by atoms with E-state index in [1.165, 1.54) is 17.4 Å². The Bertz CT molecular complexity index is 601. The molecule has 0 bridgehead atoms. The minimum atomic E-state index is -0.430. The first kappa shape index (κ1) is 15.3. The van der Waals surface area contributed by atoms with Crippen molar-refractivity contribution in [1.82, 2.24) is 14.5 Å². The minimum Gasteiger partial charge on any atom is -0.299 e. The molecule has 6 heteroatoms. The lowest BCUT2D eigenvalue weighted by atomic mass is 10.1. The van der Waals surface area contributed by atoms with Gasteiger partial charge in [-0.3, -0.25) is 19.2 Å². The monoisotopic (exact) mass is 299 g/mol. The maximum Gasteiger partial charge on any atom is 0.329 e. The van der Waals surface area contributed by atoms with Gasteiger partial charge in [-0.05, 0) is 32.7 Å². The zero-order chi connectivity index (χ0) is 15.0. The second-order valence-electron chi connectivity index (χ2n) is 5.97. The molecule has 1 N–H and O–H groups in total. The van der Waals surface area contributed by atoms with Crippen molar-refractivity contribution in [2.75, 3.05) is 7.05 Å². The summed E-state index contributed by atoms with van der Waals surface area (Å²) in [5.41, 5.74) is -0.224. The number of nitrogens with one attached hydrogen (secondary N) is 1. The van der Waals surface area contributed by atoms with E-state index in [2.05, 4.69) is 9.88 Å². The van der Waals surface area contributed by atoms with Crippen LogP contribution in [-0.4, -0.2) is 33.6 Å². The van der Waals surface area contributed by atoms with Crippen molar-refractivity contribution in [3.63, 3.8) is 0 Å². The molecule has 1 aromatic heterocycles. The number of likely N-dealkylation sites (N-methyl/N-ethyl adjacent to an activating group) is 1. The van der Waals surface area contributed by atoms with Gasteiger partial charge in [-0.25, -0.2) is 4.79 Å². The van der Waals surface area contributed by atoms with Gasteiger partial charge in [0.05, 0.1) is 5.56 Å². The summed E-state index contributed by atoms with van der Waals surface area (Å²) < 4.78 is 1.27. The quantitative estimate of drug-likeness (QED) is 0.844. The molecule has 1 atom stereocenters. The molecular formula is C14H22ClN3O2. The SMILES string of the molecule is CC(C)c1c(Cl)[nH]c(=O)n(CC(C)N(C)C2CC2)c1=O. The number of H-pyrrole nitrogens is 1. The van der Waals surface area contributed by atoms with Crippen LogP contribution in [0.5, 0.6) is 0 Å². The van der Waals surface area contributed by atoms with Crippen molar-refractivity contribution in [3.05, 3.63) is 31.6 Å². The van der Waals surface area contributed by atoms with Crippen LogP contribution in [0, 0.1) is 0 Å². The summed E-state index contributed by atoms with van der Waals surface area (Å²) >= 11 is 5.98. The third kappa shape index (κ3) is 2.99. The van der Waals surface area contributed by atoms with Gasteiger partial charge in [0.1, 0.15) is 5.15 Å². The summed E-state index contributed by atoms with van der Waals surface area (Å²) in [6.07, 6.45) is 2.40. The maximum atomic E-state index is 12.4. The van der Waals surface area contributed by atoms with Gasteiger partial charge >= 0.3 is 5.69 Å². The second-order valence-corrected chi connectivity index (χ2v) is 6.35. The van der Waals surface area contributed by atoms with Crippen molar-refractivity contribution in [1.29, 1.82) is 0 Å². The van der Waals surface area contributed by atoms with Gasteiger partial charge in [0.2, 0.25) is 0 Å². The largest absolute Gasteiger partial charge is 0.329 e. The van der Waals surface area contributed by atoms with Crippen molar-refractivity contribution < 1.29 is 0 Å². The zero-order valence-electron chi connectivity index (χ0n) is 12.4. The van der Waals surface area contributed by atoms with Crippen LogP contribution < -0.4 is 11.2 Å². The third-order valence-corrected chi connectivity index (χ3v) is 4.31. The van der Waals surface area contributed by atoms with Crippen LogP contribution in [-0.2, 0) is 6.54 Å². The smallest absolute Gasteiger partial charge is 0.299 e. The molecule has 20 heavy (non-hydrogen) atoms. The highest BCUT2D eigenvalue weighted by Gasteiger charge is 2.29. The van der Waals surface area contributed by atoms with E-state index >= 15 is 0 Å². The average Bonchev–Trinajstić information content (AvgIpc) is 3.16. The Labute approximate surface area is 123 Å². The molecule has 0 spiro atoms. The van der Waals surface area contributed by atoms with Crippen LogP contribution in [0.25, 0.3) is 0 Å². The molecule has 112 valence electrons. The molecule has 5 nitrogen and oxygen atoms in total. The Balaban J connectivity index is 2.34. The van der Waals surface area contributed by atoms with Crippen LogP contribution in [0.1, 0.15) is 45.1 Å². The summed E-state index contributed by atoms with van der Waals surface area (Å²) in [4.78, 5) is 29.2. The molecule has 0 aromatic carbocycles. The van der Waals surface area contributed by atoms with E-state index in [0.29, 0.717) is 18.2 Å². The van der Waals surface area contributed by atoms with E-state index in [1.807, 2.05) is 27.8 Å². The van der Waals surface area contributed by atoms with E-state index in [1.54, 1.807) is 0 Å². The number of hydrogen-bond acceptors (Lipinski definition) is 3. The fraction of sp³-hybridized carbons (Fsp3) is 0.714. The van der Waals surface area contributed by atoms with E-state index < -0.39 is 5.69 Å². The van der Waals surface area contributed by atoms with Gasteiger partial charge in [0, 0.05) is 18.6 Å². The van der Waals surface area contributed by atoms with Crippen molar-refractivity contribution in [3.8, 4) is 0 Å². The molecule has 1 aliphatic rings. The van der Waals surface area contributed by atoms with Gasteiger partial charge in [0.25, 0.3) is 5.56 Å². The molecule has 1 saturated carbocycles. The molecule has 0 amide bonds. The van der Waals surface area contributed by atoms with Crippen LogP contribution in [0.3, 0.4) is 0 Å². The Morgan fingerprint density at radius 3 is 2.45 bits per heavy atom. The Morgan fingerprint density at radius 1 is 1.35 bits per heavy atom. The topological polar surface area (TPSA) is 58.1 Å². The second kappa shape index (κ2) is 5.74. The first-order valence-corrected chi connectivity index (χ1v) is 7.45. The van der Waals surface area contributed by atoms with Crippen LogP contribution in [0.15, 0.2) is 9.59 Å². The summed E-state index contributed by atoms with van der Waals surface area (Å²) in [5, 5.41) is 0.162. The third-order valence-electron chi connectivity index (χ3n) is 4.02. The first-order valence-electron chi connectivity index (χ1n) is 7.07. The van der Waals surface area contributed by atoms with E-state index in [0.717, 1.165) is 0 Å². The van der Waals surface area contributed by atoms with Crippen molar-refractivity contribution in [2.45, 2.75) is 58.2 Å². The molecular weight excluding hydrogens is 278 g/mol. The van der Waals surface area contributed by atoms with Gasteiger partial charge in [-0.1, -0.05) is 25.4 Å². The fourth-order valence-corrected chi connectivity index (χ4v) is 2.84. The van der Waals surface area contributed by atoms with Crippen molar-refractivity contribution in [2.24, 2.45) is 0 Å². The average molecular weight is 300 g/mol. The fourth-order valence-electron chi connectivity index (χ4n) is 2.46. The molecule has 1 aliphatic carbocycles. The summed E-state index contributed by atoms with van der Waals surface area (Å²) in [6.45, 7) is 6.21. The highest BCUT2D eigenvalue weighted by molar-refractivity contribution is 6.30. The predicted molar refractivity (Wildman–Crippen MR) is 80.7 cm³/mol. The van der Waals surface area contributed by atoms with Crippen LogP contribution >= 0.6 is 11.6 Å². The highest BCUT2D eigenvalue weighted by atomic mass is 35.5. The molecule has 1 heterocycles.